The van der Waals surface area contributed by atoms with Crippen molar-refractivity contribution in [2.75, 3.05) is 46.5 Å². The second kappa shape index (κ2) is 7.31. The molecule has 0 bridgehead atoms. The van der Waals surface area contributed by atoms with Gasteiger partial charge in [-0.15, -0.1) is 0 Å². The van der Waals surface area contributed by atoms with Crippen molar-refractivity contribution in [3.8, 4) is 0 Å². The Balaban J connectivity index is 1.61. The topological polar surface area (TPSA) is 65.5 Å². The molecule has 0 amide bonds. The van der Waals surface area contributed by atoms with Crippen LogP contribution in [0.3, 0.4) is 0 Å². The van der Waals surface area contributed by atoms with E-state index in [-0.39, 0.29) is 5.75 Å². The van der Waals surface area contributed by atoms with E-state index in [4.69, 9.17) is 0 Å². The maximum atomic E-state index is 11.6. The minimum absolute atomic E-state index is 0.0513. The molecule has 2 heterocycles. The quantitative estimate of drug-likeness (QED) is 0.887. The van der Waals surface area contributed by atoms with Gasteiger partial charge in [-0.2, -0.15) is 0 Å². The lowest BCUT2D eigenvalue weighted by Gasteiger charge is -2.36. The third-order valence-electron chi connectivity index (χ3n) is 4.37. The number of aryl methyl sites for hydroxylation is 1. The third-order valence-corrected chi connectivity index (χ3v) is 5.68. The molecule has 1 aliphatic rings. The molecule has 0 radical (unpaired) electrons. The molecule has 1 aromatic heterocycles. The summed E-state index contributed by atoms with van der Waals surface area (Å²) in [6, 6.07) is 12.2. The zero-order valence-corrected chi connectivity index (χ0v) is 15.5. The first-order chi connectivity index (χ1) is 12.0. The summed E-state index contributed by atoms with van der Waals surface area (Å²) >= 11 is 0. The van der Waals surface area contributed by atoms with Crippen molar-refractivity contribution in [3.05, 3.63) is 48.2 Å². The van der Waals surface area contributed by atoms with E-state index in [1.165, 1.54) is 11.3 Å². The predicted molar refractivity (Wildman–Crippen MR) is 103 cm³/mol. The summed E-state index contributed by atoms with van der Waals surface area (Å²) in [7, 11) is -3.26. The number of nitrogens with one attached hydrogen (secondary N) is 1. The molecule has 1 N–H and O–H groups in total. The van der Waals surface area contributed by atoms with Gasteiger partial charge in [0.25, 0.3) is 0 Å². The highest BCUT2D eigenvalue weighted by atomic mass is 32.2. The van der Waals surface area contributed by atoms with Crippen molar-refractivity contribution in [3.63, 3.8) is 0 Å². The Morgan fingerprint density at radius 1 is 1.08 bits per heavy atom. The molecule has 0 spiro atoms. The maximum absolute atomic E-state index is 11.6. The summed E-state index contributed by atoms with van der Waals surface area (Å²) in [5.41, 5.74) is 3.03. The zero-order chi connectivity index (χ0) is 17.9. The molecule has 134 valence electrons. The summed E-state index contributed by atoms with van der Waals surface area (Å²) in [5.74, 6) is 0.929. The van der Waals surface area contributed by atoms with Gasteiger partial charge >= 0.3 is 0 Å². The lowest BCUT2D eigenvalue weighted by Crippen LogP contribution is -2.46. The molecular weight excluding hydrogens is 336 g/mol. The number of anilines is 3. The molecule has 2 aromatic rings. The number of aromatic nitrogens is 1. The van der Waals surface area contributed by atoms with Crippen molar-refractivity contribution >= 4 is 27.2 Å². The molecule has 0 unspecified atom stereocenters. The number of pyridine rings is 1. The number of rotatable bonds is 5. The van der Waals surface area contributed by atoms with Crippen LogP contribution in [-0.4, -0.2) is 45.3 Å². The average Bonchev–Trinajstić information content (AvgIpc) is 2.62. The summed E-state index contributed by atoms with van der Waals surface area (Å²) in [6.45, 7) is 7.38. The Bertz CT molecular complexity index is 813. The van der Waals surface area contributed by atoms with Gasteiger partial charge < -0.3 is 9.80 Å². The van der Waals surface area contributed by atoms with Gasteiger partial charge in [0.1, 0.15) is 5.82 Å². The van der Waals surface area contributed by atoms with Gasteiger partial charge in [-0.05, 0) is 43.7 Å². The number of benzene rings is 1. The summed E-state index contributed by atoms with van der Waals surface area (Å²) in [5, 5.41) is 0. The van der Waals surface area contributed by atoms with Crippen molar-refractivity contribution < 1.29 is 8.42 Å². The molecule has 1 aromatic carbocycles. The first-order valence-corrected chi connectivity index (χ1v) is 10.2. The standard InChI is InChI=1S/C18H24N4O2S/c1-3-25(23,24)20-16-7-8-18(19-14-16)22-11-9-21(10-12-22)17-6-4-5-15(2)13-17/h4-8,13-14,20H,3,9-12H2,1-2H3. The van der Waals surface area contributed by atoms with Crippen LogP contribution in [0, 0.1) is 6.92 Å². The highest BCUT2D eigenvalue weighted by molar-refractivity contribution is 7.92. The lowest BCUT2D eigenvalue weighted by atomic mass is 10.2. The fourth-order valence-corrected chi connectivity index (χ4v) is 3.53. The molecule has 3 rings (SSSR count). The average molecular weight is 360 g/mol. The third kappa shape index (κ3) is 4.42. The van der Waals surface area contributed by atoms with E-state index in [9.17, 15) is 8.42 Å². The highest BCUT2D eigenvalue weighted by Gasteiger charge is 2.18. The van der Waals surface area contributed by atoms with Crippen LogP contribution in [0.2, 0.25) is 0 Å². The molecule has 1 fully saturated rings. The van der Waals surface area contributed by atoms with Crippen LogP contribution in [0.1, 0.15) is 12.5 Å². The van der Waals surface area contributed by atoms with Gasteiger partial charge in [0, 0.05) is 31.9 Å². The van der Waals surface area contributed by atoms with E-state index in [0.717, 1.165) is 32.0 Å². The summed E-state index contributed by atoms with van der Waals surface area (Å²) in [6.07, 6.45) is 1.58. The first kappa shape index (κ1) is 17.5. The largest absolute Gasteiger partial charge is 0.368 e. The second-order valence-electron chi connectivity index (χ2n) is 6.22. The molecule has 0 saturated carbocycles. The monoisotopic (exact) mass is 360 g/mol. The Labute approximate surface area is 149 Å². The van der Waals surface area contributed by atoms with Crippen LogP contribution in [0.15, 0.2) is 42.6 Å². The molecule has 7 heteroatoms. The highest BCUT2D eigenvalue weighted by Crippen LogP contribution is 2.21. The fraction of sp³-hybridized carbons (Fsp3) is 0.389. The van der Waals surface area contributed by atoms with Crippen LogP contribution in [-0.2, 0) is 10.0 Å². The van der Waals surface area contributed by atoms with Gasteiger partial charge in [-0.3, -0.25) is 4.72 Å². The van der Waals surface area contributed by atoms with Crippen LogP contribution in [0.4, 0.5) is 17.2 Å². The lowest BCUT2D eigenvalue weighted by molar-refractivity contribution is 0.602. The van der Waals surface area contributed by atoms with Gasteiger partial charge in [0.15, 0.2) is 0 Å². The molecule has 0 atom stereocenters. The van der Waals surface area contributed by atoms with Gasteiger partial charge in [0.05, 0.1) is 17.6 Å². The van der Waals surface area contributed by atoms with E-state index in [1.54, 1.807) is 19.2 Å². The number of sulfonamides is 1. The van der Waals surface area contributed by atoms with Gasteiger partial charge in [0.2, 0.25) is 10.0 Å². The normalized spacial score (nSPS) is 15.3. The molecular formula is C18H24N4O2S. The number of hydrogen-bond donors (Lipinski definition) is 1. The van der Waals surface area contributed by atoms with E-state index in [2.05, 4.69) is 50.7 Å². The molecule has 6 nitrogen and oxygen atoms in total. The van der Waals surface area contributed by atoms with Crippen LogP contribution in [0.25, 0.3) is 0 Å². The van der Waals surface area contributed by atoms with Gasteiger partial charge in [-0.1, -0.05) is 12.1 Å². The minimum atomic E-state index is -3.26. The van der Waals surface area contributed by atoms with Crippen molar-refractivity contribution in [1.29, 1.82) is 0 Å². The number of nitrogens with zero attached hydrogens (tertiary/aromatic N) is 3. The minimum Gasteiger partial charge on any atom is -0.368 e. The molecule has 25 heavy (non-hydrogen) atoms. The fourth-order valence-electron chi connectivity index (χ4n) is 2.90. The number of piperazine rings is 1. The number of hydrogen-bond acceptors (Lipinski definition) is 5. The Morgan fingerprint density at radius 2 is 1.80 bits per heavy atom. The van der Waals surface area contributed by atoms with Crippen molar-refractivity contribution in [2.45, 2.75) is 13.8 Å². The van der Waals surface area contributed by atoms with E-state index in [1.807, 2.05) is 6.07 Å². The summed E-state index contributed by atoms with van der Waals surface area (Å²) in [4.78, 5) is 9.02. The van der Waals surface area contributed by atoms with Crippen LogP contribution >= 0.6 is 0 Å². The SMILES string of the molecule is CCS(=O)(=O)Nc1ccc(N2CCN(c3cccc(C)c3)CC2)nc1. The zero-order valence-electron chi connectivity index (χ0n) is 14.6. The van der Waals surface area contributed by atoms with Gasteiger partial charge in [-0.25, -0.2) is 13.4 Å². The Kier molecular flexibility index (Phi) is 5.13. The van der Waals surface area contributed by atoms with E-state index in [0.29, 0.717) is 5.69 Å². The van der Waals surface area contributed by atoms with Crippen LogP contribution in [0.5, 0.6) is 0 Å². The first-order valence-electron chi connectivity index (χ1n) is 8.50. The van der Waals surface area contributed by atoms with Crippen molar-refractivity contribution in [1.82, 2.24) is 4.98 Å². The second-order valence-corrected chi connectivity index (χ2v) is 8.23. The smallest absolute Gasteiger partial charge is 0.232 e. The Morgan fingerprint density at radius 3 is 2.40 bits per heavy atom. The van der Waals surface area contributed by atoms with E-state index >= 15 is 0 Å². The molecule has 1 aliphatic heterocycles. The Hall–Kier alpha value is -2.28. The predicted octanol–water partition coefficient (Wildman–Crippen LogP) is 2.48. The maximum Gasteiger partial charge on any atom is 0.232 e. The summed E-state index contributed by atoms with van der Waals surface area (Å²) < 4.78 is 25.7. The van der Waals surface area contributed by atoms with E-state index < -0.39 is 10.0 Å². The molecule has 1 saturated heterocycles. The van der Waals surface area contributed by atoms with Crippen LogP contribution < -0.4 is 14.5 Å². The van der Waals surface area contributed by atoms with Crippen molar-refractivity contribution in [2.24, 2.45) is 0 Å². The molecule has 0 aliphatic carbocycles.